The number of hydrogen-bond acceptors (Lipinski definition) is 3. The van der Waals surface area contributed by atoms with Crippen molar-refractivity contribution < 1.29 is 13.2 Å². The summed E-state index contributed by atoms with van der Waals surface area (Å²) in [4.78, 5) is 12.3. The third-order valence-corrected chi connectivity index (χ3v) is 5.87. The normalized spacial score (nSPS) is 11.3. The number of hydrogen-bond donors (Lipinski definition) is 1. The van der Waals surface area contributed by atoms with E-state index in [-0.39, 0.29) is 19.0 Å². The first kappa shape index (κ1) is 20.3. The molecule has 7 heteroatoms. The minimum atomic E-state index is -3.51. The first-order valence-electron chi connectivity index (χ1n) is 8.19. The number of nitrogens with one attached hydrogen (secondary N) is 1. The highest BCUT2D eigenvalue weighted by molar-refractivity contribution is 7.92. The summed E-state index contributed by atoms with van der Waals surface area (Å²) < 4.78 is 25.6. The quantitative estimate of drug-likeness (QED) is 0.815. The Kier molecular flexibility index (Phi) is 6.31. The lowest BCUT2D eigenvalue weighted by Crippen LogP contribution is -2.38. The third-order valence-electron chi connectivity index (χ3n) is 4.28. The molecule has 0 saturated heterocycles. The lowest BCUT2D eigenvalue weighted by Gasteiger charge is -2.24. The van der Waals surface area contributed by atoms with Crippen LogP contribution >= 0.6 is 11.6 Å². The lowest BCUT2D eigenvalue weighted by atomic mass is 10.1. The molecule has 0 bridgehead atoms. The molecule has 140 valence electrons. The fourth-order valence-electron chi connectivity index (χ4n) is 2.59. The van der Waals surface area contributed by atoms with Gasteiger partial charge in [0.15, 0.2) is 0 Å². The first-order valence-corrected chi connectivity index (χ1v) is 10.4. The van der Waals surface area contributed by atoms with Gasteiger partial charge in [-0.2, -0.15) is 0 Å². The molecule has 0 aliphatic carbocycles. The van der Waals surface area contributed by atoms with E-state index in [0.717, 1.165) is 17.4 Å². The summed E-state index contributed by atoms with van der Waals surface area (Å²) in [6.45, 7) is 6.00. The van der Waals surface area contributed by atoms with Crippen LogP contribution in [0.15, 0.2) is 36.4 Å². The topological polar surface area (TPSA) is 66.5 Å². The van der Waals surface area contributed by atoms with Gasteiger partial charge in [-0.1, -0.05) is 23.7 Å². The average Bonchev–Trinajstić information content (AvgIpc) is 2.56. The minimum absolute atomic E-state index is 0.122. The Balaban J connectivity index is 2.12. The van der Waals surface area contributed by atoms with Crippen molar-refractivity contribution in [3.8, 4) is 0 Å². The van der Waals surface area contributed by atoms with E-state index >= 15 is 0 Å². The number of aryl methyl sites for hydroxylation is 2. The maximum atomic E-state index is 12.3. The molecule has 0 aromatic heterocycles. The molecule has 5 nitrogen and oxygen atoms in total. The molecule has 0 fully saturated rings. The van der Waals surface area contributed by atoms with Crippen molar-refractivity contribution in [1.29, 1.82) is 0 Å². The number of nitrogens with zero attached hydrogens (tertiary/aromatic N) is 1. The van der Waals surface area contributed by atoms with Gasteiger partial charge >= 0.3 is 0 Å². The fourth-order valence-corrected chi connectivity index (χ4v) is 3.73. The molecule has 26 heavy (non-hydrogen) atoms. The maximum absolute atomic E-state index is 12.3. The molecule has 0 unspecified atom stereocenters. The molecule has 1 N–H and O–H groups in total. The van der Waals surface area contributed by atoms with Gasteiger partial charge in [-0.3, -0.25) is 9.10 Å². The highest BCUT2D eigenvalue weighted by atomic mass is 35.5. The van der Waals surface area contributed by atoms with E-state index in [4.69, 9.17) is 11.6 Å². The van der Waals surface area contributed by atoms with E-state index in [1.165, 1.54) is 4.31 Å². The molecule has 0 aliphatic heterocycles. The van der Waals surface area contributed by atoms with E-state index in [2.05, 4.69) is 5.32 Å². The Morgan fingerprint density at radius 2 is 1.81 bits per heavy atom. The fraction of sp³-hybridized carbons (Fsp3) is 0.316. The number of amides is 1. The second-order valence-corrected chi connectivity index (χ2v) is 8.59. The van der Waals surface area contributed by atoms with Gasteiger partial charge < -0.3 is 5.32 Å². The summed E-state index contributed by atoms with van der Waals surface area (Å²) in [7, 11) is -3.51. The van der Waals surface area contributed by atoms with Crippen LogP contribution in [-0.4, -0.2) is 33.7 Å². The van der Waals surface area contributed by atoms with E-state index in [1.54, 1.807) is 31.2 Å². The number of benzene rings is 2. The lowest BCUT2D eigenvalue weighted by molar-refractivity contribution is 0.0954. The molecule has 0 spiro atoms. The number of carbonyl (C=O) groups excluding carboxylic acids is 1. The van der Waals surface area contributed by atoms with Crippen LogP contribution in [-0.2, 0) is 10.0 Å². The summed E-state index contributed by atoms with van der Waals surface area (Å²) in [6.07, 6.45) is 1.14. The Bertz CT molecular complexity index is 926. The van der Waals surface area contributed by atoms with Crippen LogP contribution in [0.2, 0.25) is 5.02 Å². The van der Waals surface area contributed by atoms with Crippen molar-refractivity contribution in [3.63, 3.8) is 0 Å². The summed E-state index contributed by atoms with van der Waals surface area (Å²) in [5.74, 6) is -0.232. The van der Waals surface area contributed by atoms with Crippen LogP contribution in [0.4, 0.5) is 5.69 Å². The van der Waals surface area contributed by atoms with Crippen molar-refractivity contribution in [2.45, 2.75) is 20.8 Å². The van der Waals surface area contributed by atoms with Crippen molar-refractivity contribution in [2.75, 3.05) is 23.7 Å². The Morgan fingerprint density at radius 3 is 2.42 bits per heavy atom. The van der Waals surface area contributed by atoms with Gasteiger partial charge in [-0.25, -0.2) is 8.42 Å². The van der Waals surface area contributed by atoms with Crippen LogP contribution in [0, 0.1) is 20.8 Å². The predicted molar refractivity (Wildman–Crippen MR) is 107 cm³/mol. The van der Waals surface area contributed by atoms with E-state index < -0.39 is 10.0 Å². The van der Waals surface area contributed by atoms with Gasteiger partial charge in [-0.15, -0.1) is 0 Å². The standard InChI is InChI=1S/C19H23ClN2O3S/c1-13-8-9-16(12-14(13)2)19(23)21-10-11-22(26(4,24)25)18-7-5-6-17(20)15(18)3/h5-9,12H,10-11H2,1-4H3,(H,21,23). The SMILES string of the molecule is Cc1ccc(C(=O)NCCN(c2cccc(Cl)c2C)S(C)(=O)=O)cc1C. The van der Waals surface area contributed by atoms with Crippen LogP contribution in [0.1, 0.15) is 27.0 Å². The number of rotatable bonds is 6. The zero-order chi connectivity index (χ0) is 19.5. The summed E-state index contributed by atoms with van der Waals surface area (Å²) in [6, 6.07) is 10.6. The van der Waals surface area contributed by atoms with E-state index in [9.17, 15) is 13.2 Å². The van der Waals surface area contributed by atoms with Gasteiger partial charge in [-0.05, 0) is 61.7 Å². The van der Waals surface area contributed by atoms with Gasteiger partial charge in [0.25, 0.3) is 5.91 Å². The summed E-state index contributed by atoms with van der Waals surface area (Å²) in [5, 5.41) is 3.27. The van der Waals surface area contributed by atoms with Gasteiger partial charge in [0.1, 0.15) is 0 Å². The second-order valence-electron chi connectivity index (χ2n) is 6.27. The first-order chi connectivity index (χ1) is 12.1. The molecule has 1 amide bonds. The molecule has 0 atom stereocenters. The predicted octanol–water partition coefficient (Wildman–Crippen LogP) is 3.46. The number of halogens is 1. The van der Waals surface area contributed by atoms with E-state index in [0.29, 0.717) is 21.8 Å². The molecular weight excluding hydrogens is 372 g/mol. The highest BCUT2D eigenvalue weighted by Crippen LogP contribution is 2.27. The maximum Gasteiger partial charge on any atom is 0.251 e. The van der Waals surface area contributed by atoms with Crippen molar-refractivity contribution >= 4 is 33.2 Å². The van der Waals surface area contributed by atoms with Crippen LogP contribution in [0.5, 0.6) is 0 Å². The largest absolute Gasteiger partial charge is 0.350 e. The van der Waals surface area contributed by atoms with Gasteiger partial charge in [0.05, 0.1) is 18.5 Å². The Morgan fingerprint density at radius 1 is 1.12 bits per heavy atom. The molecule has 0 aliphatic rings. The zero-order valence-corrected chi connectivity index (χ0v) is 16.9. The molecule has 0 saturated carbocycles. The number of carbonyl (C=O) groups is 1. The summed E-state index contributed by atoms with van der Waals surface area (Å²) >= 11 is 6.11. The number of sulfonamides is 1. The van der Waals surface area contributed by atoms with Gasteiger partial charge in [0, 0.05) is 17.1 Å². The monoisotopic (exact) mass is 394 g/mol. The van der Waals surface area contributed by atoms with E-state index in [1.807, 2.05) is 26.0 Å². The molecule has 2 rings (SSSR count). The summed E-state index contributed by atoms with van der Waals surface area (Å²) in [5.41, 5.74) is 3.89. The van der Waals surface area contributed by atoms with Gasteiger partial charge in [0.2, 0.25) is 10.0 Å². The smallest absolute Gasteiger partial charge is 0.251 e. The average molecular weight is 395 g/mol. The Hall–Kier alpha value is -2.05. The third kappa shape index (κ3) is 4.77. The molecule has 0 radical (unpaired) electrons. The van der Waals surface area contributed by atoms with Crippen molar-refractivity contribution in [1.82, 2.24) is 5.32 Å². The second kappa shape index (κ2) is 8.10. The Labute approximate surface area is 160 Å². The molecule has 2 aromatic carbocycles. The van der Waals surface area contributed by atoms with Crippen LogP contribution in [0.3, 0.4) is 0 Å². The molecular formula is C19H23ClN2O3S. The minimum Gasteiger partial charge on any atom is -0.350 e. The molecule has 0 heterocycles. The van der Waals surface area contributed by atoms with Crippen molar-refractivity contribution in [2.24, 2.45) is 0 Å². The number of anilines is 1. The molecule has 2 aromatic rings. The highest BCUT2D eigenvalue weighted by Gasteiger charge is 2.20. The van der Waals surface area contributed by atoms with Crippen molar-refractivity contribution in [3.05, 3.63) is 63.7 Å². The van der Waals surface area contributed by atoms with Crippen LogP contribution in [0.25, 0.3) is 0 Å². The van der Waals surface area contributed by atoms with Crippen LogP contribution < -0.4 is 9.62 Å². The zero-order valence-electron chi connectivity index (χ0n) is 15.3.